The van der Waals surface area contributed by atoms with Crippen molar-refractivity contribution in [1.29, 1.82) is 0 Å². The predicted molar refractivity (Wildman–Crippen MR) is 65.5 cm³/mol. The molecule has 1 rings (SSSR count). The summed E-state index contributed by atoms with van der Waals surface area (Å²) >= 11 is 0. The number of rotatable bonds is 5. The van der Waals surface area contributed by atoms with E-state index in [0.717, 1.165) is 23.3 Å². The molecule has 2 atom stereocenters. The van der Waals surface area contributed by atoms with E-state index in [1.165, 1.54) is 0 Å². The van der Waals surface area contributed by atoms with Crippen molar-refractivity contribution in [2.24, 2.45) is 11.7 Å². The molecule has 1 aromatic carbocycles. The summed E-state index contributed by atoms with van der Waals surface area (Å²) < 4.78 is 5.19. The monoisotopic (exact) mass is 223 g/mol. The van der Waals surface area contributed by atoms with Gasteiger partial charge in [-0.3, -0.25) is 0 Å². The third-order valence-electron chi connectivity index (χ3n) is 3.03. The Hall–Kier alpha value is -1.06. The van der Waals surface area contributed by atoms with Gasteiger partial charge in [-0.05, 0) is 43.1 Å². The van der Waals surface area contributed by atoms with Gasteiger partial charge in [0, 0.05) is 5.92 Å². The van der Waals surface area contributed by atoms with Gasteiger partial charge in [-0.1, -0.05) is 13.0 Å². The molecule has 0 aliphatic heterocycles. The Kier molecular flexibility index (Phi) is 4.77. The lowest BCUT2D eigenvalue weighted by molar-refractivity contribution is 0.110. The number of methoxy groups -OCH3 is 1. The van der Waals surface area contributed by atoms with E-state index in [1.807, 2.05) is 32.0 Å². The van der Waals surface area contributed by atoms with Gasteiger partial charge in [0.25, 0.3) is 0 Å². The highest BCUT2D eigenvalue weighted by Gasteiger charge is 2.18. The molecule has 0 spiro atoms. The van der Waals surface area contributed by atoms with Crippen LogP contribution in [-0.2, 0) is 0 Å². The first-order chi connectivity index (χ1) is 7.63. The molecule has 0 aromatic heterocycles. The molecule has 0 aliphatic rings. The molecule has 0 heterocycles. The number of benzene rings is 1. The normalized spacial score (nSPS) is 14.6. The summed E-state index contributed by atoms with van der Waals surface area (Å²) in [6.45, 7) is 4.51. The lowest BCUT2D eigenvalue weighted by Crippen LogP contribution is -2.21. The molecule has 0 radical (unpaired) electrons. The van der Waals surface area contributed by atoms with Crippen molar-refractivity contribution >= 4 is 0 Å². The van der Waals surface area contributed by atoms with Crippen LogP contribution in [-0.4, -0.2) is 18.8 Å². The fraction of sp³-hybridized carbons (Fsp3) is 0.538. The number of aryl methyl sites for hydroxylation is 1. The Morgan fingerprint density at radius 3 is 2.56 bits per heavy atom. The van der Waals surface area contributed by atoms with Crippen LogP contribution in [0.1, 0.15) is 30.6 Å². The van der Waals surface area contributed by atoms with Gasteiger partial charge in [0.1, 0.15) is 5.75 Å². The van der Waals surface area contributed by atoms with Crippen molar-refractivity contribution < 1.29 is 9.84 Å². The molecule has 0 saturated heterocycles. The van der Waals surface area contributed by atoms with Crippen molar-refractivity contribution in [3.8, 4) is 5.75 Å². The first-order valence-corrected chi connectivity index (χ1v) is 5.66. The maximum Gasteiger partial charge on any atom is 0.121 e. The van der Waals surface area contributed by atoms with Crippen LogP contribution < -0.4 is 10.5 Å². The number of hydrogen-bond donors (Lipinski definition) is 2. The highest BCUT2D eigenvalue weighted by atomic mass is 16.5. The largest absolute Gasteiger partial charge is 0.496 e. The zero-order chi connectivity index (χ0) is 12.1. The molecule has 2 unspecified atom stereocenters. The highest BCUT2D eigenvalue weighted by molar-refractivity contribution is 5.37. The zero-order valence-corrected chi connectivity index (χ0v) is 10.2. The number of aliphatic hydroxyl groups is 1. The highest BCUT2D eigenvalue weighted by Crippen LogP contribution is 2.27. The molecule has 0 bridgehead atoms. The summed E-state index contributed by atoms with van der Waals surface area (Å²) in [5.74, 6) is 0.963. The van der Waals surface area contributed by atoms with Crippen LogP contribution in [0, 0.1) is 12.8 Å². The van der Waals surface area contributed by atoms with Crippen LogP contribution in [0.2, 0.25) is 0 Å². The molecule has 3 N–H and O–H groups in total. The second-order valence-electron chi connectivity index (χ2n) is 4.08. The van der Waals surface area contributed by atoms with Gasteiger partial charge in [-0.2, -0.15) is 0 Å². The predicted octanol–water partition coefficient (Wildman–Crippen LogP) is 2.02. The SMILES string of the molecule is CCC(CN)C(O)c1ccc(OC)c(C)c1. The van der Waals surface area contributed by atoms with Gasteiger partial charge in [-0.25, -0.2) is 0 Å². The average molecular weight is 223 g/mol. The summed E-state index contributed by atoms with van der Waals surface area (Å²) in [4.78, 5) is 0. The average Bonchev–Trinajstić information content (AvgIpc) is 2.30. The van der Waals surface area contributed by atoms with Gasteiger partial charge < -0.3 is 15.6 Å². The van der Waals surface area contributed by atoms with E-state index in [-0.39, 0.29) is 5.92 Å². The van der Waals surface area contributed by atoms with Crippen LogP contribution in [0.4, 0.5) is 0 Å². The lowest BCUT2D eigenvalue weighted by atomic mass is 9.92. The molecule has 0 aliphatic carbocycles. The van der Waals surface area contributed by atoms with Gasteiger partial charge in [-0.15, -0.1) is 0 Å². The Morgan fingerprint density at radius 1 is 1.44 bits per heavy atom. The fourth-order valence-corrected chi connectivity index (χ4v) is 1.88. The van der Waals surface area contributed by atoms with E-state index in [1.54, 1.807) is 7.11 Å². The first kappa shape index (κ1) is 13.0. The smallest absolute Gasteiger partial charge is 0.121 e. The summed E-state index contributed by atoms with van der Waals surface area (Å²) in [7, 11) is 1.65. The van der Waals surface area contributed by atoms with Crippen molar-refractivity contribution in [1.82, 2.24) is 0 Å². The van der Waals surface area contributed by atoms with Crippen molar-refractivity contribution in [2.75, 3.05) is 13.7 Å². The maximum atomic E-state index is 10.1. The minimum absolute atomic E-state index is 0.118. The van der Waals surface area contributed by atoms with E-state index < -0.39 is 6.10 Å². The van der Waals surface area contributed by atoms with Gasteiger partial charge in [0.05, 0.1) is 13.2 Å². The molecule has 3 heteroatoms. The molecular formula is C13H21NO2. The third kappa shape index (κ3) is 2.74. The van der Waals surface area contributed by atoms with E-state index in [0.29, 0.717) is 6.54 Å². The molecule has 0 saturated carbocycles. The summed E-state index contributed by atoms with van der Waals surface area (Å²) in [5.41, 5.74) is 7.58. The minimum atomic E-state index is -0.486. The van der Waals surface area contributed by atoms with E-state index in [9.17, 15) is 5.11 Å². The van der Waals surface area contributed by atoms with Gasteiger partial charge in [0.2, 0.25) is 0 Å². The minimum Gasteiger partial charge on any atom is -0.496 e. The lowest BCUT2D eigenvalue weighted by Gasteiger charge is -2.21. The number of ether oxygens (including phenoxy) is 1. The summed E-state index contributed by atoms with van der Waals surface area (Å²) in [5, 5.41) is 10.1. The van der Waals surface area contributed by atoms with Crippen LogP contribution in [0.3, 0.4) is 0 Å². The van der Waals surface area contributed by atoms with Crippen LogP contribution in [0.25, 0.3) is 0 Å². The van der Waals surface area contributed by atoms with Crippen molar-refractivity contribution in [3.63, 3.8) is 0 Å². The molecule has 0 amide bonds. The Morgan fingerprint density at radius 2 is 2.12 bits per heavy atom. The Balaban J connectivity index is 2.91. The van der Waals surface area contributed by atoms with E-state index >= 15 is 0 Å². The topological polar surface area (TPSA) is 55.5 Å². The second kappa shape index (κ2) is 5.87. The standard InChI is InChI=1S/C13H21NO2/c1-4-10(8-14)13(15)11-5-6-12(16-3)9(2)7-11/h5-7,10,13,15H,4,8,14H2,1-3H3. The van der Waals surface area contributed by atoms with E-state index in [2.05, 4.69) is 0 Å². The zero-order valence-electron chi connectivity index (χ0n) is 10.2. The fourth-order valence-electron chi connectivity index (χ4n) is 1.88. The first-order valence-electron chi connectivity index (χ1n) is 5.66. The van der Waals surface area contributed by atoms with Gasteiger partial charge in [0.15, 0.2) is 0 Å². The van der Waals surface area contributed by atoms with Crippen molar-refractivity contribution in [3.05, 3.63) is 29.3 Å². The molecule has 90 valence electrons. The molecule has 3 nitrogen and oxygen atoms in total. The quantitative estimate of drug-likeness (QED) is 0.803. The Labute approximate surface area is 97.2 Å². The number of aliphatic hydroxyl groups excluding tert-OH is 1. The second-order valence-corrected chi connectivity index (χ2v) is 4.08. The molecule has 1 aromatic rings. The molecule has 16 heavy (non-hydrogen) atoms. The van der Waals surface area contributed by atoms with Gasteiger partial charge >= 0.3 is 0 Å². The Bertz CT molecular complexity index is 335. The van der Waals surface area contributed by atoms with Crippen LogP contribution in [0.5, 0.6) is 5.75 Å². The summed E-state index contributed by atoms with van der Waals surface area (Å²) in [6, 6.07) is 5.74. The third-order valence-corrected chi connectivity index (χ3v) is 3.03. The number of hydrogen-bond acceptors (Lipinski definition) is 3. The summed E-state index contributed by atoms with van der Waals surface area (Å²) in [6.07, 6.45) is 0.391. The number of nitrogens with two attached hydrogens (primary N) is 1. The molecule has 0 fully saturated rings. The molecular weight excluding hydrogens is 202 g/mol. The van der Waals surface area contributed by atoms with Crippen LogP contribution in [0.15, 0.2) is 18.2 Å². The van der Waals surface area contributed by atoms with E-state index in [4.69, 9.17) is 10.5 Å². The van der Waals surface area contributed by atoms with Crippen molar-refractivity contribution in [2.45, 2.75) is 26.4 Å². The van der Waals surface area contributed by atoms with Crippen LogP contribution >= 0.6 is 0 Å². The maximum absolute atomic E-state index is 10.1.